The van der Waals surface area contributed by atoms with Crippen LogP contribution in [0.25, 0.3) is 0 Å². The minimum atomic E-state index is -0.143. The lowest BCUT2D eigenvalue weighted by atomic mass is 10.2. The van der Waals surface area contributed by atoms with Crippen LogP contribution >= 0.6 is 0 Å². The summed E-state index contributed by atoms with van der Waals surface area (Å²) in [5.41, 5.74) is 0.571. The van der Waals surface area contributed by atoms with Crippen molar-refractivity contribution < 1.29 is 9.53 Å². The molecule has 0 saturated heterocycles. The fourth-order valence-electron chi connectivity index (χ4n) is 1.83. The number of benzene rings is 1. The molecule has 0 fully saturated rings. The van der Waals surface area contributed by atoms with Crippen molar-refractivity contribution in [2.45, 2.75) is 26.5 Å². The predicted octanol–water partition coefficient (Wildman–Crippen LogP) is 1.75. The van der Waals surface area contributed by atoms with Crippen molar-refractivity contribution in [1.82, 2.24) is 25.5 Å². The number of carbonyl (C=O) groups excluding carboxylic acids is 1. The third-order valence-corrected chi connectivity index (χ3v) is 2.94. The Morgan fingerprint density at radius 3 is 2.77 bits per heavy atom. The quantitative estimate of drug-likeness (QED) is 0.788. The molecule has 2 rings (SSSR count). The molecule has 1 aromatic heterocycles. The van der Waals surface area contributed by atoms with Gasteiger partial charge < -0.3 is 10.1 Å². The van der Waals surface area contributed by atoms with E-state index in [9.17, 15) is 4.79 Å². The number of amides is 1. The van der Waals surface area contributed by atoms with Gasteiger partial charge >= 0.3 is 0 Å². The summed E-state index contributed by atoms with van der Waals surface area (Å²) in [6.07, 6.45) is 1.63. The van der Waals surface area contributed by atoms with E-state index in [0.29, 0.717) is 23.7 Å². The summed E-state index contributed by atoms with van der Waals surface area (Å²) in [6.45, 7) is 8.26. The molecule has 0 atom stereocenters. The van der Waals surface area contributed by atoms with E-state index in [1.807, 2.05) is 13.8 Å². The van der Waals surface area contributed by atoms with Gasteiger partial charge in [0.25, 0.3) is 5.91 Å². The van der Waals surface area contributed by atoms with Gasteiger partial charge in [-0.1, -0.05) is 6.08 Å². The van der Waals surface area contributed by atoms with E-state index in [0.717, 1.165) is 0 Å². The second-order valence-electron chi connectivity index (χ2n) is 4.95. The predicted molar refractivity (Wildman–Crippen MR) is 81.5 cm³/mol. The van der Waals surface area contributed by atoms with Crippen molar-refractivity contribution >= 4 is 5.91 Å². The Bertz CT molecular complexity index is 634. The molecule has 0 saturated carbocycles. The maximum absolute atomic E-state index is 11.7. The SMILES string of the molecule is C=CCNC(=O)c1ccc(OCc2nnnn2C(C)C)cc1. The van der Waals surface area contributed by atoms with Gasteiger partial charge in [-0.3, -0.25) is 4.79 Å². The van der Waals surface area contributed by atoms with E-state index in [2.05, 4.69) is 27.4 Å². The van der Waals surface area contributed by atoms with Gasteiger partial charge in [0.2, 0.25) is 0 Å². The molecule has 0 aliphatic carbocycles. The molecule has 1 aromatic carbocycles. The van der Waals surface area contributed by atoms with Crippen molar-refractivity contribution in [3.8, 4) is 5.75 Å². The molecule has 7 heteroatoms. The van der Waals surface area contributed by atoms with Crippen LogP contribution in [-0.4, -0.2) is 32.7 Å². The van der Waals surface area contributed by atoms with E-state index in [4.69, 9.17) is 4.74 Å². The van der Waals surface area contributed by atoms with E-state index < -0.39 is 0 Å². The number of aromatic nitrogens is 4. The zero-order chi connectivity index (χ0) is 15.9. The first-order valence-corrected chi connectivity index (χ1v) is 7.00. The van der Waals surface area contributed by atoms with E-state index in [1.54, 1.807) is 35.0 Å². The van der Waals surface area contributed by atoms with Gasteiger partial charge in [-0.15, -0.1) is 11.7 Å². The number of tetrazole rings is 1. The molecule has 1 N–H and O–H groups in total. The fraction of sp³-hybridized carbons (Fsp3) is 0.333. The molecule has 0 aliphatic heterocycles. The second kappa shape index (κ2) is 7.35. The average Bonchev–Trinajstić information content (AvgIpc) is 3.00. The molecule has 116 valence electrons. The Labute approximate surface area is 129 Å². The Morgan fingerprint density at radius 2 is 2.14 bits per heavy atom. The fourth-order valence-corrected chi connectivity index (χ4v) is 1.83. The summed E-state index contributed by atoms with van der Waals surface area (Å²) in [5.74, 6) is 1.16. The van der Waals surface area contributed by atoms with Crippen molar-refractivity contribution in [2.75, 3.05) is 6.54 Å². The van der Waals surface area contributed by atoms with Crippen LogP contribution in [0.1, 0.15) is 36.1 Å². The average molecular weight is 301 g/mol. The monoisotopic (exact) mass is 301 g/mol. The minimum Gasteiger partial charge on any atom is -0.486 e. The van der Waals surface area contributed by atoms with Gasteiger partial charge in [-0.25, -0.2) is 4.68 Å². The highest BCUT2D eigenvalue weighted by Crippen LogP contribution is 2.14. The molecule has 0 radical (unpaired) electrons. The van der Waals surface area contributed by atoms with Gasteiger partial charge in [0, 0.05) is 12.1 Å². The van der Waals surface area contributed by atoms with Crippen LogP contribution in [0.2, 0.25) is 0 Å². The molecule has 0 unspecified atom stereocenters. The Kier molecular flexibility index (Phi) is 5.24. The maximum Gasteiger partial charge on any atom is 0.251 e. The van der Waals surface area contributed by atoms with Gasteiger partial charge in [0.15, 0.2) is 5.82 Å². The third kappa shape index (κ3) is 3.91. The summed E-state index contributed by atoms with van der Waals surface area (Å²) in [5, 5.41) is 14.2. The van der Waals surface area contributed by atoms with Crippen LogP contribution in [0.4, 0.5) is 0 Å². The van der Waals surface area contributed by atoms with E-state index in [1.165, 1.54) is 0 Å². The van der Waals surface area contributed by atoms with Crippen molar-refractivity contribution in [3.63, 3.8) is 0 Å². The first-order chi connectivity index (χ1) is 10.6. The van der Waals surface area contributed by atoms with Crippen LogP contribution in [-0.2, 0) is 6.61 Å². The van der Waals surface area contributed by atoms with Crippen molar-refractivity contribution in [2.24, 2.45) is 0 Å². The number of nitrogens with zero attached hydrogens (tertiary/aromatic N) is 4. The van der Waals surface area contributed by atoms with Crippen LogP contribution in [0.3, 0.4) is 0 Å². The Hall–Kier alpha value is -2.70. The number of hydrogen-bond donors (Lipinski definition) is 1. The lowest BCUT2D eigenvalue weighted by Gasteiger charge is -2.09. The molecule has 1 heterocycles. The number of hydrogen-bond acceptors (Lipinski definition) is 5. The van der Waals surface area contributed by atoms with Crippen molar-refractivity contribution in [3.05, 3.63) is 48.3 Å². The number of carbonyl (C=O) groups is 1. The zero-order valence-corrected chi connectivity index (χ0v) is 12.7. The first kappa shape index (κ1) is 15.7. The van der Waals surface area contributed by atoms with Crippen LogP contribution < -0.4 is 10.1 Å². The standard InChI is InChI=1S/C15H19N5O2/c1-4-9-16-15(21)12-5-7-13(8-6-12)22-10-14-17-18-19-20(14)11(2)3/h4-8,11H,1,9-10H2,2-3H3,(H,16,21). The number of nitrogens with one attached hydrogen (secondary N) is 1. The minimum absolute atomic E-state index is 0.143. The molecule has 0 aliphatic rings. The highest BCUT2D eigenvalue weighted by atomic mass is 16.5. The molecule has 22 heavy (non-hydrogen) atoms. The summed E-state index contributed by atoms with van der Waals surface area (Å²) >= 11 is 0. The first-order valence-electron chi connectivity index (χ1n) is 7.00. The van der Waals surface area contributed by atoms with Crippen LogP contribution in [0, 0.1) is 0 Å². The lowest BCUT2D eigenvalue weighted by molar-refractivity contribution is 0.0958. The van der Waals surface area contributed by atoms with Crippen LogP contribution in [0.15, 0.2) is 36.9 Å². The summed E-state index contributed by atoms with van der Waals surface area (Å²) < 4.78 is 7.35. The molecular formula is C15H19N5O2. The molecule has 0 spiro atoms. The van der Waals surface area contributed by atoms with Gasteiger partial charge in [0.1, 0.15) is 12.4 Å². The Balaban J connectivity index is 1.95. The highest BCUT2D eigenvalue weighted by molar-refractivity contribution is 5.94. The summed E-state index contributed by atoms with van der Waals surface area (Å²) in [7, 11) is 0. The number of ether oxygens (including phenoxy) is 1. The lowest BCUT2D eigenvalue weighted by Crippen LogP contribution is -2.22. The highest BCUT2D eigenvalue weighted by Gasteiger charge is 2.10. The molecule has 1 amide bonds. The van der Waals surface area contributed by atoms with Gasteiger partial charge in [0.05, 0.1) is 6.04 Å². The zero-order valence-electron chi connectivity index (χ0n) is 12.7. The smallest absolute Gasteiger partial charge is 0.251 e. The molecular weight excluding hydrogens is 282 g/mol. The molecule has 0 bridgehead atoms. The largest absolute Gasteiger partial charge is 0.486 e. The normalized spacial score (nSPS) is 10.5. The second-order valence-corrected chi connectivity index (χ2v) is 4.95. The topological polar surface area (TPSA) is 81.9 Å². The van der Waals surface area contributed by atoms with E-state index >= 15 is 0 Å². The molecule has 2 aromatic rings. The third-order valence-electron chi connectivity index (χ3n) is 2.94. The van der Waals surface area contributed by atoms with Crippen molar-refractivity contribution in [1.29, 1.82) is 0 Å². The van der Waals surface area contributed by atoms with Crippen LogP contribution in [0.5, 0.6) is 5.75 Å². The van der Waals surface area contributed by atoms with E-state index in [-0.39, 0.29) is 18.6 Å². The maximum atomic E-state index is 11.7. The number of rotatable bonds is 7. The summed E-state index contributed by atoms with van der Waals surface area (Å²) in [4.78, 5) is 11.7. The molecule has 7 nitrogen and oxygen atoms in total. The van der Waals surface area contributed by atoms with Gasteiger partial charge in [-0.05, 0) is 48.5 Å². The Morgan fingerprint density at radius 1 is 1.41 bits per heavy atom. The van der Waals surface area contributed by atoms with Gasteiger partial charge in [-0.2, -0.15) is 0 Å². The summed E-state index contributed by atoms with van der Waals surface area (Å²) in [6, 6.07) is 7.07.